The zero-order valence-corrected chi connectivity index (χ0v) is 21.3. The smallest absolute Gasteiger partial charge is 0.350 e. The number of carbonyl (C=O) groups excluding carboxylic acids is 3. The van der Waals surface area contributed by atoms with E-state index in [1.165, 1.54) is 19.1 Å². The summed E-state index contributed by atoms with van der Waals surface area (Å²) in [6, 6.07) is 12.9. The lowest BCUT2D eigenvalue weighted by molar-refractivity contribution is -0.132. The number of amides is 1. The van der Waals surface area contributed by atoms with E-state index in [9.17, 15) is 19.5 Å². The molecule has 0 aliphatic carbocycles. The van der Waals surface area contributed by atoms with Gasteiger partial charge in [-0.25, -0.2) is 9.78 Å². The third-order valence-corrected chi connectivity index (χ3v) is 7.19. The molecule has 2 aromatic carbocycles. The largest absolute Gasteiger partial charge is 0.507 e. The Labute approximate surface area is 213 Å². The fraction of sp³-hybridized carbons (Fsp3) is 0.167. The van der Waals surface area contributed by atoms with Gasteiger partial charge in [0.05, 0.1) is 31.5 Å². The van der Waals surface area contributed by atoms with Crippen LogP contribution in [-0.4, -0.2) is 42.0 Å². The fourth-order valence-corrected chi connectivity index (χ4v) is 5.05. The van der Waals surface area contributed by atoms with E-state index in [0.717, 1.165) is 14.9 Å². The number of Topliss-reactive ketones (excluding diaryl/α,β-unsaturated/α-hetero) is 1. The summed E-state index contributed by atoms with van der Waals surface area (Å²) in [4.78, 5) is 44.4. The van der Waals surface area contributed by atoms with Crippen LogP contribution in [0.1, 0.15) is 32.5 Å². The number of aryl methyl sites for hydroxylation is 1. The van der Waals surface area contributed by atoms with Crippen LogP contribution < -0.4 is 9.64 Å². The highest BCUT2D eigenvalue weighted by Gasteiger charge is 2.48. The van der Waals surface area contributed by atoms with E-state index in [2.05, 4.69) is 27.6 Å². The van der Waals surface area contributed by atoms with Gasteiger partial charge in [-0.15, -0.1) is 0 Å². The van der Waals surface area contributed by atoms with Gasteiger partial charge in [-0.1, -0.05) is 35.6 Å². The lowest BCUT2D eigenvalue weighted by Gasteiger charge is -2.23. The predicted octanol–water partition coefficient (Wildman–Crippen LogP) is 4.48. The molecule has 1 N–H and O–H groups in total. The lowest BCUT2D eigenvalue weighted by Crippen LogP contribution is -2.29. The van der Waals surface area contributed by atoms with Crippen LogP contribution in [0.4, 0.5) is 5.13 Å². The Bertz CT molecular complexity index is 1330. The second-order valence-corrected chi connectivity index (χ2v) is 9.58. The molecule has 10 heteroatoms. The van der Waals surface area contributed by atoms with Crippen molar-refractivity contribution in [1.29, 1.82) is 0 Å². The average Bonchev–Trinajstić information content (AvgIpc) is 3.35. The third-order valence-electron chi connectivity index (χ3n) is 5.34. The summed E-state index contributed by atoms with van der Waals surface area (Å²) in [5.74, 6) is -2.12. The molecule has 1 saturated heterocycles. The Morgan fingerprint density at radius 3 is 2.50 bits per heavy atom. The molecule has 1 fully saturated rings. The predicted molar refractivity (Wildman–Crippen MR) is 135 cm³/mol. The third kappa shape index (κ3) is 4.18. The first-order valence-corrected chi connectivity index (χ1v) is 11.9. The van der Waals surface area contributed by atoms with Crippen LogP contribution in [0, 0.1) is 10.5 Å². The molecule has 1 unspecified atom stereocenters. The van der Waals surface area contributed by atoms with Crippen LogP contribution in [0.15, 0.2) is 54.1 Å². The molecular weight excluding hydrogens is 571 g/mol. The van der Waals surface area contributed by atoms with Gasteiger partial charge in [-0.3, -0.25) is 14.5 Å². The Balaban J connectivity index is 1.93. The molecule has 0 bridgehead atoms. The molecule has 1 aliphatic heterocycles. The molecule has 0 saturated carbocycles. The first-order chi connectivity index (χ1) is 16.3. The van der Waals surface area contributed by atoms with E-state index in [-0.39, 0.29) is 21.3 Å². The van der Waals surface area contributed by atoms with Crippen LogP contribution in [0.2, 0.25) is 0 Å². The van der Waals surface area contributed by atoms with Crippen LogP contribution in [0.3, 0.4) is 0 Å². The van der Waals surface area contributed by atoms with E-state index < -0.39 is 23.7 Å². The Kier molecular flexibility index (Phi) is 6.71. The minimum atomic E-state index is -0.945. The van der Waals surface area contributed by atoms with Crippen LogP contribution in [-0.2, 0) is 14.3 Å². The lowest BCUT2D eigenvalue weighted by atomic mass is 9.95. The molecular formula is C24H19IN2O6S. The van der Waals surface area contributed by atoms with E-state index >= 15 is 0 Å². The van der Waals surface area contributed by atoms with Crippen LogP contribution in [0.5, 0.6) is 5.75 Å². The maximum absolute atomic E-state index is 13.2. The number of thiazole rings is 1. The number of hydrogen-bond acceptors (Lipinski definition) is 8. The van der Waals surface area contributed by atoms with Crippen molar-refractivity contribution < 1.29 is 29.0 Å². The van der Waals surface area contributed by atoms with Gasteiger partial charge in [0.15, 0.2) is 5.13 Å². The molecule has 0 radical (unpaired) electrons. The van der Waals surface area contributed by atoms with Crippen molar-refractivity contribution in [2.24, 2.45) is 0 Å². The van der Waals surface area contributed by atoms with Crippen LogP contribution >= 0.6 is 33.9 Å². The number of rotatable bonds is 5. The highest BCUT2D eigenvalue weighted by Crippen LogP contribution is 2.44. The van der Waals surface area contributed by atoms with Crippen molar-refractivity contribution in [2.75, 3.05) is 19.1 Å². The summed E-state index contributed by atoms with van der Waals surface area (Å²) in [5.41, 5.74) is 1.24. The Morgan fingerprint density at radius 1 is 1.15 bits per heavy atom. The number of anilines is 1. The number of aliphatic hydroxyl groups excluding tert-OH is 1. The molecule has 2 heterocycles. The molecule has 174 valence electrons. The van der Waals surface area contributed by atoms with Gasteiger partial charge in [0.25, 0.3) is 5.78 Å². The van der Waals surface area contributed by atoms with E-state index in [4.69, 9.17) is 9.47 Å². The van der Waals surface area contributed by atoms with Crippen molar-refractivity contribution in [2.45, 2.75) is 13.0 Å². The Hall–Kier alpha value is -3.25. The number of ether oxygens (including phenoxy) is 2. The summed E-state index contributed by atoms with van der Waals surface area (Å²) in [6.45, 7) is 1.62. The average molecular weight is 590 g/mol. The molecule has 4 rings (SSSR count). The summed E-state index contributed by atoms with van der Waals surface area (Å²) in [6.07, 6.45) is 0. The molecule has 1 aliphatic rings. The molecule has 34 heavy (non-hydrogen) atoms. The second-order valence-electron chi connectivity index (χ2n) is 7.36. The highest BCUT2D eigenvalue weighted by atomic mass is 127. The summed E-state index contributed by atoms with van der Waals surface area (Å²) >= 11 is 3.11. The van der Waals surface area contributed by atoms with Gasteiger partial charge < -0.3 is 14.6 Å². The molecule has 1 atom stereocenters. The van der Waals surface area contributed by atoms with Crippen molar-refractivity contribution in [3.8, 4) is 5.75 Å². The molecule has 1 amide bonds. The monoisotopic (exact) mass is 590 g/mol. The topological polar surface area (TPSA) is 106 Å². The number of esters is 1. The Morgan fingerprint density at radius 2 is 1.85 bits per heavy atom. The number of methoxy groups -OCH3 is 2. The number of hydrogen-bond donors (Lipinski definition) is 1. The maximum atomic E-state index is 13.2. The maximum Gasteiger partial charge on any atom is 0.350 e. The number of benzene rings is 2. The minimum Gasteiger partial charge on any atom is -0.507 e. The first-order valence-electron chi connectivity index (χ1n) is 10.0. The number of ketones is 1. The highest BCUT2D eigenvalue weighted by molar-refractivity contribution is 14.1. The second kappa shape index (κ2) is 9.55. The minimum absolute atomic E-state index is 0.0769. The SMILES string of the molecule is COC(=O)c1sc(N2C(=O)C(=O)C(=C(O)c3cccc(OC)c3)C2c2ccc(I)cc2)nc1C. The quantitative estimate of drug-likeness (QED) is 0.154. The standard InChI is InChI=1S/C24H19IN2O6S/c1-12-21(23(31)33-3)34-24(26-12)27-18(13-7-9-15(25)10-8-13)17(20(29)22(27)30)19(28)14-5-4-6-16(11-14)32-2/h4-11,18,28H,1-3H3. The van der Waals surface area contributed by atoms with E-state index in [0.29, 0.717) is 22.6 Å². The van der Waals surface area contributed by atoms with Gasteiger partial charge in [0.2, 0.25) is 0 Å². The number of halogens is 1. The zero-order chi connectivity index (χ0) is 24.6. The van der Waals surface area contributed by atoms with Crippen molar-refractivity contribution in [3.05, 3.63) is 79.4 Å². The van der Waals surface area contributed by atoms with E-state index in [1.807, 2.05) is 12.1 Å². The van der Waals surface area contributed by atoms with E-state index in [1.54, 1.807) is 43.3 Å². The number of aliphatic hydroxyl groups is 1. The summed E-state index contributed by atoms with van der Waals surface area (Å²) < 4.78 is 11.0. The zero-order valence-electron chi connectivity index (χ0n) is 18.4. The molecule has 1 aromatic heterocycles. The summed E-state index contributed by atoms with van der Waals surface area (Å²) in [5, 5.41) is 11.4. The van der Waals surface area contributed by atoms with Gasteiger partial charge in [0, 0.05) is 9.13 Å². The van der Waals surface area contributed by atoms with Crippen LogP contribution in [0.25, 0.3) is 5.76 Å². The van der Waals surface area contributed by atoms with Crippen molar-refractivity contribution in [1.82, 2.24) is 4.98 Å². The first kappa shape index (κ1) is 23.9. The number of nitrogens with zero attached hydrogens (tertiary/aromatic N) is 2. The van der Waals surface area contributed by atoms with Gasteiger partial charge in [-0.05, 0) is 59.3 Å². The molecule has 8 nitrogen and oxygen atoms in total. The summed E-state index contributed by atoms with van der Waals surface area (Å²) in [7, 11) is 2.75. The van der Waals surface area contributed by atoms with Crippen molar-refractivity contribution >= 4 is 62.5 Å². The van der Waals surface area contributed by atoms with Gasteiger partial charge >= 0.3 is 11.9 Å². The normalized spacial score (nSPS) is 17.2. The van der Waals surface area contributed by atoms with Gasteiger partial charge in [0.1, 0.15) is 16.4 Å². The van der Waals surface area contributed by atoms with Gasteiger partial charge in [-0.2, -0.15) is 0 Å². The number of aromatic nitrogens is 1. The van der Waals surface area contributed by atoms with Crippen molar-refractivity contribution in [3.63, 3.8) is 0 Å². The molecule has 0 spiro atoms. The fourth-order valence-electron chi connectivity index (χ4n) is 3.68. The molecule has 3 aromatic rings. The number of carbonyl (C=O) groups is 3.